The van der Waals surface area contributed by atoms with Crippen molar-refractivity contribution in [2.24, 2.45) is 5.73 Å². The summed E-state index contributed by atoms with van der Waals surface area (Å²) in [5.74, 6) is -0.482. The van der Waals surface area contributed by atoms with Gasteiger partial charge in [0.05, 0.1) is 13.1 Å². The molecule has 1 aromatic carbocycles. The van der Waals surface area contributed by atoms with E-state index in [2.05, 4.69) is 0 Å². The molecule has 0 heterocycles. The standard InChI is InChI=1S/C13H19N3O2/c1-15(2)13(18)10-16(9-12(14)17)8-11-6-4-3-5-7-11/h3-7H,8-10H2,1-2H3,(H2,14,17). The number of carbonyl (C=O) groups is 2. The Bertz CT molecular complexity index is 404. The van der Waals surface area contributed by atoms with Gasteiger partial charge in [-0.2, -0.15) is 0 Å². The molecule has 2 N–H and O–H groups in total. The average molecular weight is 249 g/mol. The average Bonchev–Trinajstić information content (AvgIpc) is 2.29. The van der Waals surface area contributed by atoms with Crippen LogP contribution < -0.4 is 5.73 Å². The van der Waals surface area contributed by atoms with Crippen molar-refractivity contribution in [3.63, 3.8) is 0 Å². The normalized spacial score (nSPS) is 10.4. The summed E-state index contributed by atoms with van der Waals surface area (Å²) in [7, 11) is 3.38. The molecule has 98 valence electrons. The molecule has 5 nitrogen and oxygen atoms in total. The molecule has 0 fully saturated rings. The number of carbonyl (C=O) groups excluding carboxylic acids is 2. The fourth-order valence-corrected chi connectivity index (χ4v) is 1.56. The highest BCUT2D eigenvalue weighted by molar-refractivity contribution is 5.80. The number of nitrogens with two attached hydrogens (primary N) is 1. The number of hydrogen-bond acceptors (Lipinski definition) is 3. The van der Waals surface area contributed by atoms with Crippen molar-refractivity contribution < 1.29 is 9.59 Å². The molecule has 0 saturated carbocycles. The predicted octanol–water partition coefficient (Wildman–Crippen LogP) is 0.0621. The number of likely N-dealkylation sites (N-methyl/N-ethyl adjacent to an activating group) is 1. The van der Waals surface area contributed by atoms with Crippen LogP contribution in [0.5, 0.6) is 0 Å². The molecule has 0 aromatic heterocycles. The smallest absolute Gasteiger partial charge is 0.236 e. The maximum Gasteiger partial charge on any atom is 0.236 e. The van der Waals surface area contributed by atoms with Crippen LogP contribution in [0.15, 0.2) is 30.3 Å². The van der Waals surface area contributed by atoms with Gasteiger partial charge in [-0.25, -0.2) is 0 Å². The highest BCUT2D eigenvalue weighted by atomic mass is 16.2. The van der Waals surface area contributed by atoms with Crippen LogP contribution in [-0.4, -0.2) is 48.8 Å². The number of nitrogens with zero attached hydrogens (tertiary/aromatic N) is 2. The first-order valence-corrected chi connectivity index (χ1v) is 5.73. The first kappa shape index (κ1) is 14.2. The number of benzene rings is 1. The van der Waals surface area contributed by atoms with Gasteiger partial charge >= 0.3 is 0 Å². The van der Waals surface area contributed by atoms with Crippen LogP contribution in [0.1, 0.15) is 5.56 Å². The minimum Gasteiger partial charge on any atom is -0.369 e. The summed E-state index contributed by atoms with van der Waals surface area (Å²) in [6, 6.07) is 9.67. The monoisotopic (exact) mass is 249 g/mol. The molecule has 1 aromatic rings. The Labute approximate surface area is 107 Å². The Balaban J connectivity index is 2.66. The SMILES string of the molecule is CN(C)C(=O)CN(CC(N)=O)Cc1ccccc1. The molecule has 0 unspecified atom stereocenters. The molecule has 0 aliphatic heterocycles. The van der Waals surface area contributed by atoms with Crippen molar-refractivity contribution in [3.05, 3.63) is 35.9 Å². The molecular weight excluding hydrogens is 230 g/mol. The van der Waals surface area contributed by atoms with E-state index in [9.17, 15) is 9.59 Å². The van der Waals surface area contributed by atoms with Crippen LogP contribution in [0, 0.1) is 0 Å². The van der Waals surface area contributed by atoms with E-state index in [-0.39, 0.29) is 19.0 Å². The minimum absolute atomic E-state index is 0.0489. The predicted molar refractivity (Wildman–Crippen MR) is 69.6 cm³/mol. The zero-order chi connectivity index (χ0) is 13.5. The molecule has 0 spiro atoms. The quantitative estimate of drug-likeness (QED) is 0.775. The molecule has 18 heavy (non-hydrogen) atoms. The fourth-order valence-electron chi connectivity index (χ4n) is 1.56. The Morgan fingerprint density at radius 2 is 1.72 bits per heavy atom. The first-order valence-electron chi connectivity index (χ1n) is 5.73. The summed E-state index contributed by atoms with van der Waals surface area (Å²) in [5.41, 5.74) is 6.24. The lowest BCUT2D eigenvalue weighted by atomic mass is 10.2. The molecule has 0 atom stereocenters. The topological polar surface area (TPSA) is 66.6 Å². The largest absolute Gasteiger partial charge is 0.369 e. The van der Waals surface area contributed by atoms with Crippen LogP contribution in [0.2, 0.25) is 0 Å². The van der Waals surface area contributed by atoms with E-state index in [4.69, 9.17) is 5.73 Å². The van der Waals surface area contributed by atoms with E-state index < -0.39 is 5.91 Å². The van der Waals surface area contributed by atoms with Gasteiger partial charge in [-0.3, -0.25) is 14.5 Å². The van der Waals surface area contributed by atoms with E-state index in [1.165, 1.54) is 4.90 Å². The van der Waals surface area contributed by atoms with Crippen molar-refractivity contribution in [2.75, 3.05) is 27.2 Å². The van der Waals surface area contributed by atoms with Crippen molar-refractivity contribution in [1.82, 2.24) is 9.80 Å². The van der Waals surface area contributed by atoms with Gasteiger partial charge in [-0.15, -0.1) is 0 Å². The third kappa shape index (κ3) is 4.97. The van der Waals surface area contributed by atoms with Gasteiger partial charge < -0.3 is 10.6 Å². The highest BCUT2D eigenvalue weighted by Gasteiger charge is 2.14. The second kappa shape index (κ2) is 6.76. The Hall–Kier alpha value is -1.88. The number of primary amides is 1. The number of amides is 2. The molecule has 0 saturated heterocycles. The summed E-state index contributed by atoms with van der Waals surface area (Å²) >= 11 is 0. The number of hydrogen-bond donors (Lipinski definition) is 1. The highest BCUT2D eigenvalue weighted by Crippen LogP contribution is 2.04. The third-order valence-corrected chi connectivity index (χ3v) is 2.49. The Morgan fingerprint density at radius 1 is 1.11 bits per heavy atom. The van der Waals surface area contributed by atoms with Crippen molar-refractivity contribution in [1.29, 1.82) is 0 Å². The minimum atomic E-state index is -0.433. The zero-order valence-corrected chi connectivity index (χ0v) is 10.8. The Morgan fingerprint density at radius 3 is 2.22 bits per heavy atom. The van der Waals surface area contributed by atoms with E-state index in [1.54, 1.807) is 19.0 Å². The molecule has 5 heteroatoms. The summed E-state index contributed by atoms with van der Waals surface area (Å²) in [4.78, 5) is 25.9. The fraction of sp³-hybridized carbons (Fsp3) is 0.385. The van der Waals surface area contributed by atoms with E-state index in [0.29, 0.717) is 6.54 Å². The van der Waals surface area contributed by atoms with E-state index in [0.717, 1.165) is 5.56 Å². The second-order valence-electron chi connectivity index (χ2n) is 4.39. The van der Waals surface area contributed by atoms with Gasteiger partial charge in [-0.05, 0) is 5.56 Å². The Kier molecular flexibility index (Phi) is 5.32. The summed E-state index contributed by atoms with van der Waals surface area (Å²) < 4.78 is 0. The zero-order valence-electron chi connectivity index (χ0n) is 10.8. The van der Waals surface area contributed by atoms with Crippen molar-refractivity contribution in [2.45, 2.75) is 6.54 Å². The summed E-state index contributed by atoms with van der Waals surface area (Å²) in [5, 5.41) is 0. The third-order valence-electron chi connectivity index (χ3n) is 2.49. The maximum atomic E-state index is 11.7. The molecule has 0 radical (unpaired) electrons. The second-order valence-corrected chi connectivity index (χ2v) is 4.39. The lowest BCUT2D eigenvalue weighted by Crippen LogP contribution is -2.40. The van der Waals surface area contributed by atoms with E-state index in [1.807, 2.05) is 30.3 Å². The molecular formula is C13H19N3O2. The van der Waals surface area contributed by atoms with E-state index >= 15 is 0 Å². The van der Waals surface area contributed by atoms with Gasteiger partial charge in [0.25, 0.3) is 0 Å². The molecule has 1 rings (SSSR count). The first-order chi connectivity index (χ1) is 8.49. The summed E-state index contributed by atoms with van der Waals surface area (Å²) in [6.45, 7) is 0.794. The van der Waals surface area contributed by atoms with Gasteiger partial charge in [0, 0.05) is 20.6 Å². The molecule has 2 amide bonds. The van der Waals surface area contributed by atoms with Crippen LogP contribution in [-0.2, 0) is 16.1 Å². The number of rotatable bonds is 6. The van der Waals surface area contributed by atoms with Crippen LogP contribution >= 0.6 is 0 Å². The van der Waals surface area contributed by atoms with Crippen LogP contribution in [0.25, 0.3) is 0 Å². The lowest BCUT2D eigenvalue weighted by molar-refractivity contribution is -0.130. The van der Waals surface area contributed by atoms with Gasteiger partial charge in [-0.1, -0.05) is 30.3 Å². The molecule has 0 bridgehead atoms. The summed E-state index contributed by atoms with van der Waals surface area (Å²) in [6.07, 6.45) is 0. The van der Waals surface area contributed by atoms with Crippen LogP contribution in [0.3, 0.4) is 0 Å². The van der Waals surface area contributed by atoms with Gasteiger partial charge in [0.15, 0.2) is 0 Å². The van der Waals surface area contributed by atoms with Crippen LogP contribution in [0.4, 0.5) is 0 Å². The molecule has 0 aliphatic carbocycles. The molecule has 0 aliphatic rings. The van der Waals surface area contributed by atoms with Crippen molar-refractivity contribution >= 4 is 11.8 Å². The van der Waals surface area contributed by atoms with Gasteiger partial charge in [0.2, 0.25) is 11.8 Å². The maximum absolute atomic E-state index is 11.7. The van der Waals surface area contributed by atoms with Crippen molar-refractivity contribution in [3.8, 4) is 0 Å². The van der Waals surface area contributed by atoms with Gasteiger partial charge in [0.1, 0.15) is 0 Å². The lowest BCUT2D eigenvalue weighted by Gasteiger charge is -2.22.